The highest BCUT2D eigenvalue weighted by Gasteiger charge is 2.36. The quantitative estimate of drug-likeness (QED) is 0.307. The summed E-state index contributed by atoms with van der Waals surface area (Å²) in [4.78, 5) is 42.6. The summed E-state index contributed by atoms with van der Waals surface area (Å²) in [7, 11) is -7.96. The van der Waals surface area contributed by atoms with Gasteiger partial charge in [-0.3, -0.25) is 32.6 Å². The largest absolute Gasteiger partial charge is 0.481 e. The molecule has 11 nitrogen and oxygen atoms in total. The van der Waals surface area contributed by atoms with E-state index in [0.29, 0.717) is 0 Å². The average Bonchev–Trinajstić information content (AvgIpc) is 2.48. The van der Waals surface area contributed by atoms with Crippen LogP contribution in [0, 0.1) is 0 Å². The van der Waals surface area contributed by atoms with Crippen molar-refractivity contribution in [2.45, 2.75) is 25.7 Å². The summed E-state index contributed by atoms with van der Waals surface area (Å²) in [5, 5.41) is 34.7. The van der Waals surface area contributed by atoms with Gasteiger partial charge in [0.25, 0.3) is 0 Å². The van der Waals surface area contributed by atoms with Crippen LogP contribution in [-0.2, 0) is 32.6 Å². The molecule has 0 atom stereocenters. The SMILES string of the molecule is O=C(O)CCP(=O)(CCC(=O)O)OP(=O)(CCC(=O)O)CCC(=O)O. The van der Waals surface area contributed by atoms with Crippen LogP contribution in [0.3, 0.4) is 0 Å². The Morgan fingerprint density at radius 1 is 0.560 bits per heavy atom. The lowest BCUT2D eigenvalue weighted by Gasteiger charge is -2.24. The fourth-order valence-electron chi connectivity index (χ4n) is 1.72. The van der Waals surface area contributed by atoms with Gasteiger partial charge in [-0.2, -0.15) is 0 Å². The molecular weight excluding hydrogens is 382 g/mol. The zero-order valence-corrected chi connectivity index (χ0v) is 15.0. The Labute approximate surface area is 142 Å². The number of carboxylic acid groups (broad SMARTS) is 4. The molecule has 0 aliphatic carbocycles. The summed E-state index contributed by atoms with van der Waals surface area (Å²) in [6.45, 7) is 0. The van der Waals surface area contributed by atoms with Gasteiger partial charge in [0.1, 0.15) is 0 Å². The first kappa shape index (κ1) is 23.3. The maximum Gasteiger partial charge on any atom is 0.303 e. The lowest BCUT2D eigenvalue weighted by atomic mass is 10.5. The molecule has 0 aliphatic heterocycles. The third-order valence-corrected chi connectivity index (χ3v) is 8.96. The predicted molar refractivity (Wildman–Crippen MR) is 84.8 cm³/mol. The zero-order chi connectivity index (χ0) is 19.7. The second kappa shape index (κ2) is 10.3. The Kier molecular flexibility index (Phi) is 9.62. The molecule has 4 N–H and O–H groups in total. The molecule has 0 spiro atoms. The van der Waals surface area contributed by atoms with Crippen molar-refractivity contribution in [3.8, 4) is 0 Å². The van der Waals surface area contributed by atoms with Gasteiger partial charge >= 0.3 is 23.9 Å². The van der Waals surface area contributed by atoms with Crippen molar-refractivity contribution in [3.63, 3.8) is 0 Å². The first-order chi connectivity index (χ1) is 11.4. The molecule has 0 heterocycles. The van der Waals surface area contributed by atoms with Crippen molar-refractivity contribution in [1.82, 2.24) is 0 Å². The van der Waals surface area contributed by atoms with Crippen molar-refractivity contribution < 1.29 is 53.0 Å². The fraction of sp³-hybridized carbons (Fsp3) is 0.667. The van der Waals surface area contributed by atoms with Crippen LogP contribution in [-0.4, -0.2) is 69.0 Å². The van der Waals surface area contributed by atoms with E-state index in [1.54, 1.807) is 0 Å². The van der Waals surface area contributed by atoms with E-state index in [4.69, 9.17) is 24.7 Å². The van der Waals surface area contributed by atoms with E-state index in [1.165, 1.54) is 0 Å². The number of carbonyl (C=O) groups is 4. The van der Waals surface area contributed by atoms with Gasteiger partial charge in [-0.25, -0.2) is 0 Å². The molecule has 0 saturated heterocycles. The van der Waals surface area contributed by atoms with Gasteiger partial charge in [0.2, 0.25) is 14.7 Å². The minimum atomic E-state index is -3.98. The first-order valence-electron chi connectivity index (χ1n) is 7.12. The van der Waals surface area contributed by atoms with E-state index in [9.17, 15) is 28.3 Å². The highest BCUT2D eigenvalue weighted by atomic mass is 31.2. The second-order valence-corrected chi connectivity index (χ2v) is 10.9. The van der Waals surface area contributed by atoms with Crippen molar-refractivity contribution in [1.29, 1.82) is 0 Å². The van der Waals surface area contributed by atoms with Gasteiger partial charge in [-0.05, 0) is 0 Å². The first-order valence-corrected chi connectivity index (χ1v) is 11.1. The van der Waals surface area contributed by atoms with Crippen LogP contribution in [0.4, 0.5) is 0 Å². The molecule has 13 heteroatoms. The number of aliphatic carboxylic acids is 4. The number of hydrogen-bond acceptors (Lipinski definition) is 7. The third-order valence-electron chi connectivity index (χ3n) is 2.96. The molecule has 0 fully saturated rings. The molecule has 0 aromatic heterocycles. The molecule has 144 valence electrons. The molecule has 0 bridgehead atoms. The van der Waals surface area contributed by atoms with Crippen molar-refractivity contribution in [2.24, 2.45) is 0 Å². The fourth-order valence-corrected chi connectivity index (χ4v) is 7.77. The maximum atomic E-state index is 12.7. The number of rotatable bonds is 14. The molecule has 0 unspecified atom stereocenters. The third kappa shape index (κ3) is 11.5. The van der Waals surface area contributed by atoms with Crippen LogP contribution in [0.1, 0.15) is 25.7 Å². The summed E-state index contributed by atoms with van der Waals surface area (Å²) < 4.78 is 30.5. The molecule has 0 aliphatic rings. The Balaban J connectivity index is 5.37. The normalized spacial score (nSPS) is 11.8. The van der Waals surface area contributed by atoms with Crippen molar-refractivity contribution in [3.05, 3.63) is 0 Å². The van der Waals surface area contributed by atoms with Gasteiger partial charge in [0, 0.05) is 24.6 Å². The lowest BCUT2D eigenvalue weighted by Crippen LogP contribution is -2.12. The number of carboxylic acids is 4. The minimum absolute atomic E-state index is 0.584. The smallest absolute Gasteiger partial charge is 0.303 e. The Hall–Kier alpha value is -1.70. The highest BCUT2D eigenvalue weighted by molar-refractivity contribution is 7.72. The van der Waals surface area contributed by atoms with E-state index in [0.717, 1.165) is 0 Å². The lowest BCUT2D eigenvalue weighted by molar-refractivity contribution is -0.137. The van der Waals surface area contributed by atoms with Crippen LogP contribution >= 0.6 is 14.7 Å². The second-order valence-electron chi connectivity index (χ2n) is 5.18. The summed E-state index contributed by atoms with van der Waals surface area (Å²) >= 11 is 0. The van der Waals surface area contributed by atoms with E-state index < -0.39 is 88.9 Å². The summed E-state index contributed by atoms with van der Waals surface area (Å²) in [6, 6.07) is 0. The molecule has 0 radical (unpaired) electrons. The van der Waals surface area contributed by atoms with Crippen LogP contribution < -0.4 is 0 Å². The van der Waals surface area contributed by atoms with E-state index in [2.05, 4.69) is 0 Å². The molecule has 0 amide bonds. The van der Waals surface area contributed by atoms with E-state index >= 15 is 0 Å². The van der Waals surface area contributed by atoms with Gasteiger partial charge in [0.05, 0.1) is 25.7 Å². The van der Waals surface area contributed by atoms with E-state index in [1.807, 2.05) is 0 Å². The van der Waals surface area contributed by atoms with Gasteiger partial charge < -0.3 is 20.4 Å². The van der Waals surface area contributed by atoms with Crippen LogP contribution in [0.2, 0.25) is 0 Å². The van der Waals surface area contributed by atoms with Crippen LogP contribution in [0.5, 0.6) is 0 Å². The minimum Gasteiger partial charge on any atom is -0.481 e. The average molecular weight is 402 g/mol. The molecule has 0 aromatic rings. The van der Waals surface area contributed by atoms with Crippen LogP contribution in [0.25, 0.3) is 0 Å². The number of hydrogen-bond donors (Lipinski definition) is 4. The van der Waals surface area contributed by atoms with Gasteiger partial charge in [-0.15, -0.1) is 0 Å². The van der Waals surface area contributed by atoms with Crippen LogP contribution in [0.15, 0.2) is 0 Å². The Bertz CT molecular complexity index is 516. The summed E-state index contributed by atoms with van der Waals surface area (Å²) in [5.74, 6) is -5.31. The molecular formula is C12H20O11P2. The highest BCUT2D eigenvalue weighted by Crippen LogP contribution is 2.64. The zero-order valence-electron chi connectivity index (χ0n) is 13.2. The molecule has 0 rings (SSSR count). The standard InChI is InChI=1S/C12H20O11P2/c13-9(14)1-5-24(21,6-2-10(15)16)23-25(22,7-3-11(17)18)8-4-12(19)20/h1-8H2,(H,13,14)(H,15,16)(H,17,18)(H,19,20). The maximum absolute atomic E-state index is 12.7. The summed E-state index contributed by atoms with van der Waals surface area (Å²) in [5.41, 5.74) is 0. The van der Waals surface area contributed by atoms with Gasteiger partial charge in [0.15, 0.2) is 0 Å². The van der Waals surface area contributed by atoms with Crippen molar-refractivity contribution in [2.75, 3.05) is 24.6 Å². The predicted octanol–water partition coefficient (Wildman–Crippen LogP) is 1.46. The molecule has 25 heavy (non-hydrogen) atoms. The Morgan fingerprint density at radius 3 is 0.920 bits per heavy atom. The molecule has 0 aromatic carbocycles. The van der Waals surface area contributed by atoms with E-state index in [-0.39, 0.29) is 0 Å². The monoisotopic (exact) mass is 402 g/mol. The Morgan fingerprint density at radius 2 is 0.760 bits per heavy atom. The van der Waals surface area contributed by atoms with Crippen molar-refractivity contribution >= 4 is 38.6 Å². The van der Waals surface area contributed by atoms with Gasteiger partial charge in [-0.1, -0.05) is 0 Å². The topological polar surface area (TPSA) is 193 Å². The summed E-state index contributed by atoms with van der Waals surface area (Å²) in [6.07, 6.45) is -4.86. The molecule has 0 saturated carbocycles.